The Morgan fingerprint density at radius 1 is 1.15 bits per heavy atom. The number of aromatic nitrogens is 4. The Kier molecular flexibility index (Phi) is 4.49. The van der Waals surface area contributed by atoms with Crippen molar-refractivity contribution in [3.05, 3.63) is 53.7 Å². The second-order valence-electron chi connectivity index (χ2n) is 7.18. The highest BCUT2D eigenvalue weighted by Gasteiger charge is 2.27. The molecule has 0 N–H and O–H groups in total. The van der Waals surface area contributed by atoms with Crippen molar-refractivity contribution >= 4 is 11.6 Å². The summed E-state index contributed by atoms with van der Waals surface area (Å²) >= 11 is 0. The van der Waals surface area contributed by atoms with E-state index >= 15 is 0 Å². The first kappa shape index (κ1) is 16.8. The molecular formula is C20H25N5O. The molecule has 1 aliphatic rings. The molecule has 0 aliphatic carbocycles. The number of aryl methyl sites for hydroxylation is 2. The van der Waals surface area contributed by atoms with E-state index in [1.165, 1.54) is 11.4 Å². The van der Waals surface area contributed by atoms with Crippen LogP contribution in [-0.2, 0) is 11.3 Å². The van der Waals surface area contributed by atoms with E-state index in [1.807, 2.05) is 33.7 Å². The number of nitrogens with zero attached hydrogens (tertiary/aromatic N) is 5. The Balaban J connectivity index is 1.44. The Labute approximate surface area is 153 Å². The summed E-state index contributed by atoms with van der Waals surface area (Å²) in [6.07, 6.45) is 4.61. The first-order chi connectivity index (χ1) is 12.6. The molecule has 136 valence electrons. The summed E-state index contributed by atoms with van der Waals surface area (Å²) in [6.45, 7) is 6.50. The van der Waals surface area contributed by atoms with Gasteiger partial charge < -0.3 is 9.47 Å². The van der Waals surface area contributed by atoms with Gasteiger partial charge in [-0.3, -0.25) is 9.20 Å². The molecule has 0 bridgehead atoms. The molecule has 0 spiro atoms. The molecule has 1 atom stereocenters. The van der Waals surface area contributed by atoms with Crippen LogP contribution in [0.1, 0.15) is 42.4 Å². The van der Waals surface area contributed by atoms with Crippen LogP contribution in [0.4, 0.5) is 0 Å². The van der Waals surface area contributed by atoms with E-state index in [0.717, 1.165) is 43.9 Å². The Morgan fingerprint density at radius 2 is 1.96 bits per heavy atom. The molecule has 3 aromatic rings. The summed E-state index contributed by atoms with van der Waals surface area (Å²) < 4.78 is 4.26. The molecule has 6 nitrogen and oxygen atoms in total. The average Bonchev–Trinajstić information content (AvgIpc) is 3.23. The second kappa shape index (κ2) is 6.94. The third kappa shape index (κ3) is 3.11. The molecule has 3 aromatic heterocycles. The van der Waals surface area contributed by atoms with E-state index in [2.05, 4.69) is 40.7 Å². The van der Waals surface area contributed by atoms with Crippen molar-refractivity contribution in [2.45, 2.75) is 45.6 Å². The molecule has 6 heteroatoms. The van der Waals surface area contributed by atoms with Gasteiger partial charge in [-0.25, -0.2) is 0 Å². The Hall–Kier alpha value is -2.63. The molecule has 1 saturated heterocycles. The monoisotopic (exact) mass is 351 g/mol. The highest BCUT2D eigenvalue weighted by Crippen LogP contribution is 2.26. The number of pyridine rings is 1. The number of fused-ring (bicyclic) bond motifs is 1. The topological polar surface area (TPSA) is 55.4 Å². The average molecular weight is 351 g/mol. The van der Waals surface area contributed by atoms with E-state index in [1.54, 1.807) is 0 Å². The summed E-state index contributed by atoms with van der Waals surface area (Å²) in [4.78, 5) is 14.8. The minimum absolute atomic E-state index is 0.232. The normalized spacial score (nSPS) is 17.8. The lowest BCUT2D eigenvalue weighted by Crippen LogP contribution is -2.40. The smallest absolute Gasteiger partial charge is 0.224 e. The van der Waals surface area contributed by atoms with Gasteiger partial charge in [0.25, 0.3) is 0 Å². The third-order valence-corrected chi connectivity index (χ3v) is 5.45. The van der Waals surface area contributed by atoms with Crippen LogP contribution >= 0.6 is 0 Å². The fraction of sp³-hybridized carbons (Fsp3) is 0.450. The van der Waals surface area contributed by atoms with Crippen molar-refractivity contribution in [2.75, 3.05) is 13.1 Å². The number of likely N-dealkylation sites (tertiary alicyclic amines) is 1. The van der Waals surface area contributed by atoms with Crippen LogP contribution < -0.4 is 0 Å². The van der Waals surface area contributed by atoms with Crippen LogP contribution in [0.3, 0.4) is 0 Å². The van der Waals surface area contributed by atoms with Crippen LogP contribution in [0.5, 0.6) is 0 Å². The van der Waals surface area contributed by atoms with E-state index in [4.69, 9.17) is 0 Å². The van der Waals surface area contributed by atoms with Gasteiger partial charge in [0.05, 0.1) is 0 Å². The lowest BCUT2D eigenvalue weighted by molar-refractivity contribution is -0.132. The maximum atomic E-state index is 12.8. The highest BCUT2D eigenvalue weighted by molar-refractivity contribution is 5.76. The van der Waals surface area contributed by atoms with Gasteiger partial charge in [0.1, 0.15) is 5.82 Å². The molecule has 0 radical (unpaired) electrons. The third-order valence-electron chi connectivity index (χ3n) is 5.45. The molecule has 1 aliphatic heterocycles. The minimum Gasteiger partial charge on any atom is -0.349 e. The number of carbonyl (C=O) groups is 1. The number of hydrogen-bond acceptors (Lipinski definition) is 3. The molecule has 0 unspecified atom stereocenters. The van der Waals surface area contributed by atoms with Gasteiger partial charge in [0, 0.05) is 49.6 Å². The number of hydrogen-bond donors (Lipinski definition) is 0. The minimum atomic E-state index is 0.232. The number of piperidine rings is 1. The van der Waals surface area contributed by atoms with E-state index in [-0.39, 0.29) is 11.8 Å². The number of rotatable bonds is 4. The maximum Gasteiger partial charge on any atom is 0.224 e. The molecule has 4 rings (SSSR count). The van der Waals surface area contributed by atoms with Gasteiger partial charge in [-0.05, 0) is 51.0 Å². The summed E-state index contributed by atoms with van der Waals surface area (Å²) in [5, 5.41) is 8.65. The molecule has 1 amide bonds. The summed E-state index contributed by atoms with van der Waals surface area (Å²) in [6, 6.07) is 10.1. The summed E-state index contributed by atoms with van der Waals surface area (Å²) in [7, 11) is 0. The Morgan fingerprint density at radius 3 is 2.77 bits per heavy atom. The van der Waals surface area contributed by atoms with E-state index < -0.39 is 0 Å². The van der Waals surface area contributed by atoms with Crippen LogP contribution in [0, 0.1) is 13.8 Å². The number of amides is 1. The first-order valence-electron chi connectivity index (χ1n) is 9.33. The summed E-state index contributed by atoms with van der Waals surface area (Å²) in [5.41, 5.74) is 3.29. The van der Waals surface area contributed by atoms with Crippen LogP contribution in [0.15, 0.2) is 36.5 Å². The second-order valence-corrected chi connectivity index (χ2v) is 7.18. The first-order valence-corrected chi connectivity index (χ1v) is 9.33. The maximum absolute atomic E-state index is 12.8. The predicted octanol–water partition coefficient (Wildman–Crippen LogP) is 2.94. The van der Waals surface area contributed by atoms with Crippen molar-refractivity contribution in [1.82, 2.24) is 24.1 Å². The number of carbonyl (C=O) groups excluding carboxylic acids is 1. The van der Waals surface area contributed by atoms with Crippen LogP contribution in [0.2, 0.25) is 0 Å². The van der Waals surface area contributed by atoms with Crippen LogP contribution in [-0.4, -0.2) is 43.1 Å². The molecule has 26 heavy (non-hydrogen) atoms. The molecular weight excluding hydrogens is 326 g/mol. The van der Waals surface area contributed by atoms with Crippen molar-refractivity contribution in [3.8, 4) is 0 Å². The van der Waals surface area contributed by atoms with Crippen molar-refractivity contribution in [3.63, 3.8) is 0 Å². The largest absolute Gasteiger partial charge is 0.349 e. The molecule has 0 aromatic carbocycles. The highest BCUT2D eigenvalue weighted by atomic mass is 16.2. The van der Waals surface area contributed by atoms with Gasteiger partial charge >= 0.3 is 0 Å². The van der Waals surface area contributed by atoms with E-state index in [0.29, 0.717) is 6.42 Å². The standard InChI is InChI=1S/C20H25N5O/c1-15-8-9-16(2)24(15)13-10-19(26)23-11-5-6-17(14-23)20-22-21-18-7-3-4-12-25(18)20/h3-4,7-9,12,17H,5-6,10-11,13-14H2,1-2H3/t17-/m1/s1. The Bertz CT molecular complexity index is 906. The molecule has 0 saturated carbocycles. The predicted molar refractivity (Wildman–Crippen MR) is 100 cm³/mol. The van der Waals surface area contributed by atoms with Gasteiger partial charge in [-0.15, -0.1) is 10.2 Å². The van der Waals surface area contributed by atoms with Gasteiger partial charge in [-0.1, -0.05) is 6.07 Å². The molecule has 4 heterocycles. The van der Waals surface area contributed by atoms with Gasteiger partial charge in [0.2, 0.25) is 5.91 Å². The fourth-order valence-electron chi connectivity index (χ4n) is 3.97. The van der Waals surface area contributed by atoms with Gasteiger partial charge in [-0.2, -0.15) is 0 Å². The molecule has 1 fully saturated rings. The van der Waals surface area contributed by atoms with Crippen molar-refractivity contribution in [2.24, 2.45) is 0 Å². The quantitative estimate of drug-likeness (QED) is 0.726. The zero-order valence-electron chi connectivity index (χ0n) is 15.4. The van der Waals surface area contributed by atoms with Gasteiger partial charge in [0.15, 0.2) is 5.65 Å². The fourth-order valence-corrected chi connectivity index (χ4v) is 3.97. The van der Waals surface area contributed by atoms with Crippen molar-refractivity contribution in [1.29, 1.82) is 0 Å². The zero-order chi connectivity index (χ0) is 18.1. The SMILES string of the molecule is Cc1ccc(C)n1CCC(=O)N1CCC[C@@H](c2nnc3ccccn23)C1. The zero-order valence-corrected chi connectivity index (χ0v) is 15.4. The van der Waals surface area contributed by atoms with E-state index in [9.17, 15) is 4.79 Å². The lowest BCUT2D eigenvalue weighted by Gasteiger charge is -2.32. The van der Waals surface area contributed by atoms with Crippen LogP contribution in [0.25, 0.3) is 5.65 Å². The lowest BCUT2D eigenvalue weighted by atomic mass is 9.97. The van der Waals surface area contributed by atoms with Crippen molar-refractivity contribution < 1.29 is 4.79 Å². The summed E-state index contributed by atoms with van der Waals surface area (Å²) in [5.74, 6) is 1.45.